The van der Waals surface area contributed by atoms with Gasteiger partial charge in [-0.1, -0.05) is 49.9 Å². The van der Waals surface area contributed by atoms with Crippen molar-refractivity contribution in [3.63, 3.8) is 0 Å². The molecule has 0 radical (unpaired) electrons. The minimum Gasteiger partial charge on any atom is -0.382 e. The Labute approximate surface area is 205 Å². The van der Waals surface area contributed by atoms with Crippen LogP contribution in [0.1, 0.15) is 20.8 Å². The molecule has 2 aromatic heterocycles. The number of nitrogens with one attached hydrogen (secondary N) is 1. The van der Waals surface area contributed by atoms with Gasteiger partial charge in [0.25, 0.3) is 0 Å². The zero-order valence-corrected chi connectivity index (χ0v) is 20.7. The molecule has 0 fully saturated rings. The molecule has 0 bridgehead atoms. The van der Waals surface area contributed by atoms with Crippen molar-refractivity contribution in [2.24, 2.45) is 0 Å². The fourth-order valence-electron chi connectivity index (χ4n) is 3.99. The molecule has 3 heterocycles. The minimum absolute atomic E-state index is 0. The van der Waals surface area contributed by atoms with E-state index < -0.39 is 0 Å². The number of H-pyrrole nitrogens is 1. The molecule has 4 aromatic rings. The zero-order valence-electron chi connectivity index (χ0n) is 19.1. The van der Waals surface area contributed by atoms with Crippen LogP contribution in [0.2, 0.25) is 0 Å². The summed E-state index contributed by atoms with van der Waals surface area (Å²) in [6, 6.07) is 18.0. The molecule has 174 valence electrons. The highest BCUT2D eigenvalue weighted by Gasteiger charge is 2.25. The number of rotatable bonds is 5. The van der Waals surface area contributed by atoms with E-state index >= 15 is 0 Å². The molecule has 5 rings (SSSR count). The van der Waals surface area contributed by atoms with E-state index in [0.717, 1.165) is 19.6 Å². The first-order valence-electron chi connectivity index (χ1n) is 10.9. The average molecular weight is 484 g/mol. The van der Waals surface area contributed by atoms with Gasteiger partial charge < -0.3 is 15.6 Å². The van der Waals surface area contributed by atoms with Gasteiger partial charge in [0.05, 0.1) is 17.7 Å². The largest absolute Gasteiger partial charge is 0.382 e. The van der Waals surface area contributed by atoms with Gasteiger partial charge in [-0.15, -0.1) is 12.4 Å². The fourth-order valence-corrected chi connectivity index (χ4v) is 5.08. The van der Waals surface area contributed by atoms with Crippen LogP contribution in [0.3, 0.4) is 0 Å². The number of para-hydroxylation sites is 2. The third-order valence-corrected chi connectivity index (χ3v) is 6.80. The normalized spacial score (nSPS) is 12.9. The number of aromatic amines is 1. The van der Waals surface area contributed by atoms with Crippen LogP contribution in [-0.2, 0) is 0 Å². The van der Waals surface area contributed by atoms with Crippen LogP contribution in [0, 0.1) is 0 Å². The molecule has 9 heteroatoms. The molecule has 1 aliphatic heterocycles. The van der Waals surface area contributed by atoms with Gasteiger partial charge in [0, 0.05) is 22.4 Å². The molecule has 0 spiro atoms. The summed E-state index contributed by atoms with van der Waals surface area (Å²) < 4.78 is 0. The van der Waals surface area contributed by atoms with Crippen molar-refractivity contribution in [1.82, 2.24) is 24.8 Å². The summed E-state index contributed by atoms with van der Waals surface area (Å²) in [4.78, 5) is 22.1. The molecular weight excluding hydrogens is 454 g/mol. The first-order valence-corrected chi connectivity index (χ1v) is 11.7. The number of nitrogens with two attached hydrogens (primary N) is 1. The Morgan fingerprint density at radius 2 is 1.58 bits per heavy atom. The van der Waals surface area contributed by atoms with E-state index in [4.69, 9.17) is 5.73 Å². The summed E-state index contributed by atoms with van der Waals surface area (Å²) in [6.07, 6.45) is 2.92. The molecule has 1 aliphatic rings. The highest BCUT2D eigenvalue weighted by atomic mass is 35.5. The minimum atomic E-state index is 0. The average Bonchev–Trinajstić information content (AvgIpc) is 3.31. The highest BCUT2D eigenvalue weighted by molar-refractivity contribution is 7.99. The van der Waals surface area contributed by atoms with Gasteiger partial charge in [0.1, 0.15) is 11.8 Å². The van der Waals surface area contributed by atoms with Crippen molar-refractivity contribution in [2.45, 2.75) is 36.6 Å². The number of hydrogen-bond acceptors (Lipinski definition) is 7. The number of fused-ring (bicyclic) bond motifs is 3. The van der Waals surface area contributed by atoms with Gasteiger partial charge in [0.2, 0.25) is 0 Å². The van der Waals surface area contributed by atoms with Crippen molar-refractivity contribution >= 4 is 52.5 Å². The lowest BCUT2D eigenvalue weighted by Gasteiger charge is -2.37. The monoisotopic (exact) mass is 483 g/mol. The van der Waals surface area contributed by atoms with E-state index in [1.165, 1.54) is 33.8 Å². The Morgan fingerprint density at radius 1 is 0.970 bits per heavy atom. The maximum atomic E-state index is 5.48. The summed E-state index contributed by atoms with van der Waals surface area (Å²) in [5.41, 5.74) is 9.46. The molecular formula is C24H30ClN7S. The summed E-state index contributed by atoms with van der Waals surface area (Å²) in [5, 5.41) is 0. The second kappa shape index (κ2) is 11.4. The molecule has 0 saturated heterocycles. The van der Waals surface area contributed by atoms with E-state index in [2.05, 4.69) is 99.0 Å². The van der Waals surface area contributed by atoms with E-state index in [-0.39, 0.29) is 12.4 Å². The second-order valence-corrected chi connectivity index (χ2v) is 8.66. The van der Waals surface area contributed by atoms with Crippen LogP contribution >= 0.6 is 24.2 Å². The van der Waals surface area contributed by atoms with Crippen LogP contribution in [0.5, 0.6) is 0 Å². The van der Waals surface area contributed by atoms with Crippen LogP contribution in [0.4, 0.5) is 17.2 Å². The maximum Gasteiger partial charge on any atom is 0.182 e. The van der Waals surface area contributed by atoms with E-state index in [1.54, 1.807) is 0 Å². The van der Waals surface area contributed by atoms with Gasteiger partial charge in [-0.3, -0.25) is 4.90 Å². The van der Waals surface area contributed by atoms with Crippen LogP contribution in [-0.4, -0.2) is 50.5 Å². The van der Waals surface area contributed by atoms with Crippen molar-refractivity contribution in [3.05, 3.63) is 61.2 Å². The number of hydrogen-bond donors (Lipinski definition) is 2. The molecule has 1 unspecified atom stereocenters. The van der Waals surface area contributed by atoms with Gasteiger partial charge in [-0.05, 0) is 44.3 Å². The molecule has 0 amide bonds. The number of likely N-dealkylation sites (N-methyl/N-ethyl adjacent to an activating group) is 1. The topological polar surface area (TPSA) is 87.0 Å². The smallest absolute Gasteiger partial charge is 0.182 e. The van der Waals surface area contributed by atoms with Crippen LogP contribution in [0.25, 0.3) is 11.2 Å². The molecule has 0 aliphatic carbocycles. The summed E-state index contributed by atoms with van der Waals surface area (Å²) >= 11 is 1.88. The quantitative estimate of drug-likeness (QED) is 0.394. The van der Waals surface area contributed by atoms with Crippen molar-refractivity contribution in [3.8, 4) is 0 Å². The van der Waals surface area contributed by atoms with Crippen molar-refractivity contribution < 1.29 is 0 Å². The standard InChI is InChI=1S/C19H24N2S.C5H5N5.ClH/c1-4-20(5-2)15(3)14-21-16-10-6-8-12-18(16)22-19-13-9-7-11-17(19)21;6-4-3-5(9-1-7-3)10-2-8-4;/h6-13,15H,4-5,14H2,1-3H3;1-2H,(H3,6,7,8,9,10);1H. The molecule has 33 heavy (non-hydrogen) atoms. The van der Waals surface area contributed by atoms with Crippen molar-refractivity contribution in [2.75, 3.05) is 30.3 Å². The Morgan fingerprint density at radius 3 is 2.15 bits per heavy atom. The van der Waals surface area contributed by atoms with Crippen LogP contribution < -0.4 is 10.6 Å². The number of benzene rings is 2. The summed E-state index contributed by atoms with van der Waals surface area (Å²) in [5.74, 6) is 0.433. The molecule has 3 N–H and O–H groups in total. The Kier molecular flexibility index (Phi) is 8.55. The number of nitrogens with zero attached hydrogens (tertiary/aromatic N) is 5. The SMILES string of the molecule is CCN(CC)C(C)CN1c2ccccc2Sc2ccccc21.Cl.Nc1ncnc2nc[nH]c12. The number of anilines is 3. The van der Waals surface area contributed by atoms with Gasteiger partial charge in [-0.25, -0.2) is 15.0 Å². The maximum absolute atomic E-state index is 5.48. The molecule has 0 saturated carbocycles. The van der Waals surface area contributed by atoms with Gasteiger partial charge in [-0.2, -0.15) is 0 Å². The lowest BCUT2D eigenvalue weighted by atomic mass is 10.1. The predicted molar refractivity (Wildman–Crippen MR) is 140 cm³/mol. The Balaban J connectivity index is 0.000000233. The first-order chi connectivity index (χ1) is 15.6. The third kappa shape index (κ3) is 5.40. The molecule has 2 aromatic carbocycles. The molecule has 7 nitrogen and oxygen atoms in total. The van der Waals surface area contributed by atoms with E-state index in [9.17, 15) is 0 Å². The van der Waals surface area contributed by atoms with Crippen molar-refractivity contribution in [1.29, 1.82) is 0 Å². The van der Waals surface area contributed by atoms with E-state index in [0.29, 0.717) is 23.0 Å². The zero-order chi connectivity index (χ0) is 22.5. The lowest BCUT2D eigenvalue weighted by Crippen LogP contribution is -2.41. The van der Waals surface area contributed by atoms with Gasteiger partial charge >= 0.3 is 0 Å². The number of aromatic nitrogens is 4. The third-order valence-electron chi connectivity index (χ3n) is 5.67. The summed E-state index contributed by atoms with van der Waals surface area (Å²) in [7, 11) is 0. The van der Waals surface area contributed by atoms with Crippen LogP contribution in [0.15, 0.2) is 71.0 Å². The highest BCUT2D eigenvalue weighted by Crippen LogP contribution is 2.47. The summed E-state index contributed by atoms with van der Waals surface area (Å²) in [6.45, 7) is 10.0. The number of nitrogen functional groups attached to an aromatic ring is 1. The molecule has 1 atom stereocenters. The number of imidazole rings is 1. The number of halogens is 1. The van der Waals surface area contributed by atoms with Gasteiger partial charge in [0.15, 0.2) is 11.5 Å². The fraction of sp³-hybridized carbons (Fsp3) is 0.292. The second-order valence-electron chi connectivity index (χ2n) is 7.58. The Bertz CT molecular complexity index is 1130. The first kappa shape index (κ1) is 24.8. The predicted octanol–water partition coefficient (Wildman–Crippen LogP) is 5.38. The van der Waals surface area contributed by atoms with E-state index in [1.807, 2.05) is 11.8 Å². The lowest BCUT2D eigenvalue weighted by molar-refractivity contribution is 0.236. The Hall–Kier alpha value is -2.81.